The van der Waals surface area contributed by atoms with Crippen LogP contribution in [0, 0.1) is 5.92 Å². The summed E-state index contributed by atoms with van der Waals surface area (Å²) in [6, 6.07) is 0. The van der Waals surface area contributed by atoms with Gasteiger partial charge in [-0.1, -0.05) is 22.6 Å². The monoisotopic (exact) mass is 400 g/mol. The van der Waals surface area contributed by atoms with Crippen LogP contribution in [0.2, 0.25) is 0 Å². The summed E-state index contributed by atoms with van der Waals surface area (Å²) in [4.78, 5) is 11.7. The first-order chi connectivity index (χ1) is 9.69. The molecule has 1 fully saturated rings. The van der Waals surface area contributed by atoms with Gasteiger partial charge in [0.25, 0.3) is 0 Å². The Morgan fingerprint density at radius 3 is 2.70 bits per heavy atom. The number of halogens is 1. The van der Waals surface area contributed by atoms with E-state index in [2.05, 4.69) is 22.6 Å². The highest BCUT2D eigenvalue weighted by Crippen LogP contribution is 2.34. The van der Waals surface area contributed by atoms with E-state index in [-0.39, 0.29) is 18.0 Å². The van der Waals surface area contributed by atoms with E-state index in [0.29, 0.717) is 30.4 Å². The summed E-state index contributed by atoms with van der Waals surface area (Å²) >= 11 is 2.36. The van der Waals surface area contributed by atoms with Crippen molar-refractivity contribution in [3.63, 3.8) is 0 Å². The molecule has 1 aliphatic rings. The maximum absolute atomic E-state index is 11.7. The highest BCUT2D eigenvalue weighted by Gasteiger charge is 2.37. The van der Waals surface area contributed by atoms with Gasteiger partial charge < -0.3 is 18.9 Å². The van der Waals surface area contributed by atoms with Gasteiger partial charge in [-0.05, 0) is 26.2 Å². The molecule has 0 aromatic heterocycles. The Morgan fingerprint density at radius 1 is 1.20 bits per heavy atom. The highest BCUT2D eigenvalue weighted by molar-refractivity contribution is 14.1. The van der Waals surface area contributed by atoms with Gasteiger partial charge in [0.05, 0.1) is 31.8 Å². The van der Waals surface area contributed by atoms with E-state index >= 15 is 0 Å². The van der Waals surface area contributed by atoms with E-state index in [9.17, 15) is 4.79 Å². The number of hydrogen-bond acceptors (Lipinski definition) is 5. The fourth-order valence-corrected chi connectivity index (χ4v) is 3.35. The van der Waals surface area contributed by atoms with Gasteiger partial charge in [-0.3, -0.25) is 4.79 Å². The van der Waals surface area contributed by atoms with Gasteiger partial charge in [0.1, 0.15) is 0 Å². The van der Waals surface area contributed by atoms with Crippen LogP contribution in [0.1, 0.15) is 26.2 Å². The van der Waals surface area contributed by atoms with Gasteiger partial charge in [-0.2, -0.15) is 0 Å². The summed E-state index contributed by atoms with van der Waals surface area (Å²) in [5, 5.41) is 0. The molecule has 3 atom stereocenters. The summed E-state index contributed by atoms with van der Waals surface area (Å²) < 4.78 is 21.6. The van der Waals surface area contributed by atoms with Crippen LogP contribution in [0.15, 0.2) is 0 Å². The molecule has 0 aromatic rings. The van der Waals surface area contributed by atoms with Crippen molar-refractivity contribution in [3.05, 3.63) is 0 Å². The molecule has 6 heteroatoms. The Bertz CT molecular complexity index is 274. The molecular formula is C14H25IO5. The zero-order valence-corrected chi connectivity index (χ0v) is 14.5. The number of rotatable bonds is 10. The van der Waals surface area contributed by atoms with Gasteiger partial charge in [0.2, 0.25) is 0 Å². The quantitative estimate of drug-likeness (QED) is 0.244. The lowest BCUT2D eigenvalue weighted by molar-refractivity contribution is -0.148. The molecule has 0 aliphatic heterocycles. The molecule has 0 heterocycles. The lowest BCUT2D eigenvalue weighted by Gasteiger charge is -2.15. The number of esters is 1. The first-order valence-electron chi connectivity index (χ1n) is 7.18. The van der Waals surface area contributed by atoms with Crippen molar-refractivity contribution in [2.24, 2.45) is 5.92 Å². The first kappa shape index (κ1) is 18.1. The third kappa shape index (κ3) is 6.69. The Morgan fingerprint density at radius 2 is 2.00 bits per heavy atom. The van der Waals surface area contributed by atoms with Gasteiger partial charge in [-0.15, -0.1) is 0 Å². The molecule has 0 spiro atoms. The Balaban J connectivity index is 2.10. The van der Waals surface area contributed by atoms with Crippen LogP contribution < -0.4 is 0 Å². The highest BCUT2D eigenvalue weighted by atomic mass is 127. The Hall–Kier alpha value is 0.0800. The fraction of sp³-hybridized carbons (Fsp3) is 0.929. The van der Waals surface area contributed by atoms with Crippen molar-refractivity contribution in [2.75, 3.05) is 40.1 Å². The van der Waals surface area contributed by atoms with Crippen LogP contribution in [-0.2, 0) is 23.7 Å². The number of carbonyl (C=O) groups is 1. The van der Waals surface area contributed by atoms with E-state index in [0.717, 1.165) is 25.9 Å². The van der Waals surface area contributed by atoms with Gasteiger partial charge >= 0.3 is 5.97 Å². The molecule has 0 radical (unpaired) electrons. The molecule has 1 rings (SSSR count). The third-order valence-corrected chi connectivity index (χ3v) is 4.56. The Labute approximate surface area is 134 Å². The molecule has 0 amide bonds. The first-order valence-corrected chi connectivity index (χ1v) is 8.42. The maximum atomic E-state index is 11.7. The van der Waals surface area contributed by atoms with Crippen molar-refractivity contribution < 1.29 is 23.7 Å². The van der Waals surface area contributed by atoms with Gasteiger partial charge in [-0.25, -0.2) is 0 Å². The van der Waals surface area contributed by atoms with Crippen LogP contribution in [0.4, 0.5) is 0 Å². The second-order valence-corrected chi connectivity index (χ2v) is 6.40. The van der Waals surface area contributed by atoms with Crippen LogP contribution in [0.25, 0.3) is 0 Å². The maximum Gasteiger partial charge on any atom is 0.309 e. The molecule has 1 aliphatic carbocycles. The van der Waals surface area contributed by atoms with Crippen LogP contribution in [0.3, 0.4) is 0 Å². The number of alkyl halides is 1. The molecule has 118 valence electrons. The fourth-order valence-electron chi connectivity index (χ4n) is 2.24. The number of hydrogen-bond donors (Lipinski definition) is 0. The molecule has 0 aromatic carbocycles. The molecule has 3 unspecified atom stereocenters. The van der Waals surface area contributed by atoms with E-state index in [4.69, 9.17) is 18.9 Å². The zero-order chi connectivity index (χ0) is 14.8. The van der Waals surface area contributed by atoms with Crippen molar-refractivity contribution in [1.82, 2.24) is 0 Å². The Kier molecular flexibility index (Phi) is 9.75. The number of carbonyl (C=O) groups excluding carboxylic acids is 1. The average molecular weight is 400 g/mol. The summed E-state index contributed by atoms with van der Waals surface area (Å²) in [6.07, 6.45) is 2.64. The number of ether oxygens (including phenoxy) is 4. The minimum Gasteiger partial charge on any atom is -0.466 e. The van der Waals surface area contributed by atoms with Gasteiger partial charge in [0.15, 0.2) is 0 Å². The predicted octanol–water partition coefficient (Wildman–Crippen LogP) is 2.20. The minimum atomic E-state index is -0.0870. The summed E-state index contributed by atoms with van der Waals surface area (Å²) in [5.41, 5.74) is 0. The van der Waals surface area contributed by atoms with Crippen molar-refractivity contribution in [1.29, 1.82) is 0 Å². The smallest absolute Gasteiger partial charge is 0.309 e. The normalized spacial score (nSPS) is 25.9. The molecular weight excluding hydrogens is 375 g/mol. The van der Waals surface area contributed by atoms with E-state index in [1.54, 1.807) is 7.11 Å². The molecule has 5 nitrogen and oxygen atoms in total. The zero-order valence-electron chi connectivity index (χ0n) is 12.3. The second-order valence-electron chi connectivity index (χ2n) is 4.80. The molecule has 0 N–H and O–H groups in total. The standard InChI is InChI=1S/C14H25IO5/c1-3-19-14(16)11-9-12(15)13(10-11)20-8-7-18-6-4-5-17-2/h11-13H,3-10H2,1-2H3. The summed E-state index contributed by atoms with van der Waals surface area (Å²) in [7, 11) is 1.68. The number of methoxy groups -OCH3 is 1. The van der Waals surface area contributed by atoms with Crippen molar-refractivity contribution in [2.45, 2.75) is 36.2 Å². The van der Waals surface area contributed by atoms with Crippen molar-refractivity contribution >= 4 is 28.6 Å². The summed E-state index contributed by atoms with van der Waals surface area (Å²) in [5.74, 6) is -0.0967. The topological polar surface area (TPSA) is 54.0 Å². The van der Waals surface area contributed by atoms with E-state index in [1.807, 2.05) is 6.92 Å². The lowest BCUT2D eigenvalue weighted by Crippen LogP contribution is -2.21. The molecule has 0 bridgehead atoms. The van der Waals surface area contributed by atoms with Crippen LogP contribution >= 0.6 is 22.6 Å². The van der Waals surface area contributed by atoms with Crippen LogP contribution in [0.5, 0.6) is 0 Å². The summed E-state index contributed by atoms with van der Waals surface area (Å²) in [6.45, 7) is 4.87. The van der Waals surface area contributed by atoms with Crippen molar-refractivity contribution in [3.8, 4) is 0 Å². The van der Waals surface area contributed by atoms with E-state index in [1.165, 1.54) is 0 Å². The third-order valence-electron chi connectivity index (χ3n) is 3.25. The second kappa shape index (κ2) is 10.8. The average Bonchev–Trinajstić information content (AvgIpc) is 2.80. The van der Waals surface area contributed by atoms with E-state index < -0.39 is 0 Å². The predicted molar refractivity (Wildman–Crippen MR) is 84.2 cm³/mol. The lowest BCUT2D eigenvalue weighted by atomic mass is 10.1. The molecule has 0 saturated heterocycles. The SMILES string of the molecule is CCOC(=O)C1CC(I)C(OCCOCCCOC)C1. The van der Waals surface area contributed by atoms with Gasteiger partial charge in [0, 0.05) is 24.2 Å². The largest absolute Gasteiger partial charge is 0.466 e. The minimum absolute atomic E-state index is 0.00975. The molecule has 1 saturated carbocycles. The van der Waals surface area contributed by atoms with Crippen LogP contribution in [-0.4, -0.2) is 56.1 Å². The molecule has 20 heavy (non-hydrogen) atoms.